The van der Waals surface area contributed by atoms with Crippen molar-refractivity contribution in [2.45, 2.75) is 63.8 Å². The molecule has 23 heavy (non-hydrogen) atoms. The highest BCUT2D eigenvalue weighted by Gasteiger charge is 2.64. The number of amides is 1. The van der Waals surface area contributed by atoms with Crippen LogP contribution in [0.2, 0.25) is 0 Å². The standard InChI is InChI=1S/C17H25N3O3/c1-16(2,3)23-15(21)20-8-4-6-17(20)9-14(17)22-13-11-19-7-5-12(13)10-18/h5,7,11,14H,4,6,8-10,18H2,1-3H3. The summed E-state index contributed by atoms with van der Waals surface area (Å²) in [5.74, 6) is 0.716. The molecule has 126 valence electrons. The third kappa shape index (κ3) is 3.13. The average molecular weight is 319 g/mol. The van der Waals surface area contributed by atoms with Crippen LogP contribution in [0.3, 0.4) is 0 Å². The molecule has 1 saturated carbocycles. The average Bonchev–Trinajstić information content (AvgIpc) is 2.96. The number of pyridine rings is 1. The Morgan fingerprint density at radius 3 is 3.00 bits per heavy atom. The molecule has 0 bridgehead atoms. The molecule has 2 aliphatic rings. The van der Waals surface area contributed by atoms with Gasteiger partial charge in [-0.05, 0) is 39.7 Å². The van der Waals surface area contributed by atoms with E-state index in [1.807, 2.05) is 31.7 Å². The van der Waals surface area contributed by atoms with Crippen LogP contribution in [-0.2, 0) is 11.3 Å². The lowest BCUT2D eigenvalue weighted by molar-refractivity contribution is 0.0165. The van der Waals surface area contributed by atoms with Crippen LogP contribution in [0.15, 0.2) is 18.5 Å². The maximum Gasteiger partial charge on any atom is 0.410 e. The van der Waals surface area contributed by atoms with Gasteiger partial charge < -0.3 is 15.2 Å². The van der Waals surface area contributed by atoms with Gasteiger partial charge in [0.15, 0.2) is 0 Å². The van der Waals surface area contributed by atoms with E-state index in [0.29, 0.717) is 12.3 Å². The third-order valence-electron chi connectivity index (χ3n) is 4.48. The minimum absolute atomic E-state index is 0.00739. The van der Waals surface area contributed by atoms with Gasteiger partial charge in [0.1, 0.15) is 17.5 Å². The predicted molar refractivity (Wildman–Crippen MR) is 86.1 cm³/mol. The van der Waals surface area contributed by atoms with Crippen LogP contribution >= 0.6 is 0 Å². The SMILES string of the molecule is CC(C)(C)OC(=O)N1CCCC12CC2Oc1cnccc1CN. The lowest BCUT2D eigenvalue weighted by atomic mass is 10.2. The Balaban J connectivity index is 1.70. The fraction of sp³-hybridized carbons (Fsp3) is 0.647. The quantitative estimate of drug-likeness (QED) is 0.926. The molecule has 6 heteroatoms. The number of rotatable bonds is 3. The van der Waals surface area contributed by atoms with Crippen molar-refractivity contribution in [2.75, 3.05) is 6.54 Å². The zero-order valence-corrected chi connectivity index (χ0v) is 14.0. The van der Waals surface area contributed by atoms with Crippen molar-refractivity contribution in [3.8, 4) is 5.75 Å². The van der Waals surface area contributed by atoms with Gasteiger partial charge >= 0.3 is 6.09 Å². The molecule has 1 aliphatic heterocycles. The van der Waals surface area contributed by atoms with Crippen LogP contribution in [0.5, 0.6) is 5.75 Å². The molecule has 0 aromatic carbocycles. The molecule has 1 amide bonds. The first-order valence-electron chi connectivity index (χ1n) is 8.16. The highest BCUT2D eigenvalue weighted by molar-refractivity contribution is 5.71. The van der Waals surface area contributed by atoms with Crippen LogP contribution in [0.4, 0.5) is 4.79 Å². The summed E-state index contributed by atoms with van der Waals surface area (Å²) in [4.78, 5) is 18.4. The number of likely N-dealkylation sites (tertiary alicyclic amines) is 1. The maximum absolute atomic E-state index is 12.5. The van der Waals surface area contributed by atoms with E-state index < -0.39 is 5.60 Å². The summed E-state index contributed by atoms with van der Waals surface area (Å²) in [6.45, 7) is 6.80. The lowest BCUT2D eigenvalue weighted by Crippen LogP contribution is -2.43. The Kier molecular flexibility index (Phi) is 3.96. The van der Waals surface area contributed by atoms with Gasteiger partial charge in [-0.15, -0.1) is 0 Å². The number of nitrogens with zero attached hydrogens (tertiary/aromatic N) is 2. The van der Waals surface area contributed by atoms with Crippen molar-refractivity contribution in [1.29, 1.82) is 0 Å². The van der Waals surface area contributed by atoms with Gasteiger partial charge in [-0.1, -0.05) is 0 Å². The van der Waals surface area contributed by atoms with Crippen LogP contribution in [0.25, 0.3) is 0 Å². The molecule has 1 aromatic rings. The van der Waals surface area contributed by atoms with Gasteiger partial charge in [-0.3, -0.25) is 9.88 Å². The van der Waals surface area contributed by atoms with Crippen molar-refractivity contribution in [2.24, 2.45) is 5.73 Å². The Labute approximate surface area is 137 Å². The first-order chi connectivity index (χ1) is 10.9. The highest BCUT2D eigenvalue weighted by Crippen LogP contribution is 2.52. The summed E-state index contributed by atoms with van der Waals surface area (Å²) in [6.07, 6.45) is 5.93. The second kappa shape index (κ2) is 5.67. The fourth-order valence-corrected chi connectivity index (χ4v) is 3.29. The number of aromatic nitrogens is 1. The number of hydrogen-bond donors (Lipinski definition) is 1. The minimum atomic E-state index is -0.484. The number of nitrogens with two attached hydrogens (primary N) is 1. The van der Waals surface area contributed by atoms with Crippen molar-refractivity contribution in [1.82, 2.24) is 9.88 Å². The second-order valence-electron chi connectivity index (χ2n) is 7.34. The molecule has 2 fully saturated rings. The van der Waals surface area contributed by atoms with Crippen LogP contribution < -0.4 is 10.5 Å². The van der Waals surface area contributed by atoms with Crippen LogP contribution in [0, 0.1) is 0 Å². The Hall–Kier alpha value is -1.82. The molecule has 6 nitrogen and oxygen atoms in total. The first-order valence-corrected chi connectivity index (χ1v) is 8.16. The van der Waals surface area contributed by atoms with E-state index in [2.05, 4.69) is 4.98 Å². The zero-order chi connectivity index (χ0) is 16.7. The Morgan fingerprint density at radius 2 is 2.30 bits per heavy atom. The van der Waals surface area contributed by atoms with E-state index >= 15 is 0 Å². The molecule has 2 unspecified atom stereocenters. The molecule has 2 atom stereocenters. The molecule has 0 radical (unpaired) electrons. The van der Waals surface area contributed by atoms with E-state index in [4.69, 9.17) is 15.2 Å². The number of carbonyl (C=O) groups is 1. The monoisotopic (exact) mass is 319 g/mol. The summed E-state index contributed by atoms with van der Waals surface area (Å²) in [5, 5.41) is 0. The molecule has 1 aromatic heterocycles. The molecular weight excluding hydrogens is 294 g/mol. The number of hydrogen-bond acceptors (Lipinski definition) is 5. The van der Waals surface area contributed by atoms with E-state index in [-0.39, 0.29) is 17.7 Å². The highest BCUT2D eigenvalue weighted by atomic mass is 16.6. The van der Waals surface area contributed by atoms with E-state index in [9.17, 15) is 4.79 Å². The summed E-state index contributed by atoms with van der Waals surface area (Å²) < 4.78 is 11.6. The van der Waals surface area contributed by atoms with Crippen molar-refractivity contribution < 1.29 is 14.3 Å². The second-order valence-corrected chi connectivity index (χ2v) is 7.34. The van der Waals surface area contributed by atoms with E-state index in [1.54, 1.807) is 12.4 Å². The van der Waals surface area contributed by atoms with Crippen molar-refractivity contribution in [3.63, 3.8) is 0 Å². The molecule has 2 heterocycles. The topological polar surface area (TPSA) is 77.7 Å². The predicted octanol–water partition coefficient (Wildman–Crippen LogP) is 2.46. The largest absolute Gasteiger partial charge is 0.486 e. The van der Waals surface area contributed by atoms with Crippen LogP contribution in [-0.4, -0.2) is 39.8 Å². The maximum atomic E-state index is 12.5. The number of ether oxygens (including phenoxy) is 2. The zero-order valence-electron chi connectivity index (χ0n) is 14.0. The Morgan fingerprint density at radius 1 is 1.52 bits per heavy atom. The third-order valence-corrected chi connectivity index (χ3v) is 4.48. The molecule has 1 saturated heterocycles. The normalized spacial score (nSPS) is 26.4. The number of carbonyl (C=O) groups excluding carboxylic acids is 1. The molecule has 3 rings (SSSR count). The lowest BCUT2D eigenvalue weighted by Gasteiger charge is -2.29. The van der Waals surface area contributed by atoms with E-state index in [1.165, 1.54) is 0 Å². The van der Waals surface area contributed by atoms with Crippen molar-refractivity contribution in [3.05, 3.63) is 24.0 Å². The molecular formula is C17H25N3O3. The molecule has 1 aliphatic carbocycles. The summed E-state index contributed by atoms with van der Waals surface area (Å²) >= 11 is 0. The summed E-state index contributed by atoms with van der Waals surface area (Å²) in [6, 6.07) is 1.87. The first kappa shape index (κ1) is 16.1. The van der Waals surface area contributed by atoms with Gasteiger partial charge in [0.05, 0.1) is 11.7 Å². The van der Waals surface area contributed by atoms with Gasteiger partial charge in [0.25, 0.3) is 0 Å². The van der Waals surface area contributed by atoms with Gasteiger partial charge in [0.2, 0.25) is 0 Å². The summed E-state index contributed by atoms with van der Waals surface area (Å²) in [5.41, 5.74) is 5.98. The van der Waals surface area contributed by atoms with E-state index in [0.717, 1.165) is 31.4 Å². The smallest absolute Gasteiger partial charge is 0.410 e. The fourth-order valence-electron chi connectivity index (χ4n) is 3.29. The summed E-state index contributed by atoms with van der Waals surface area (Å²) in [7, 11) is 0. The minimum Gasteiger partial charge on any atom is -0.486 e. The van der Waals surface area contributed by atoms with Gasteiger partial charge in [0, 0.05) is 31.3 Å². The molecule has 1 spiro atoms. The van der Waals surface area contributed by atoms with Crippen LogP contribution in [0.1, 0.15) is 45.6 Å². The van der Waals surface area contributed by atoms with Gasteiger partial charge in [-0.25, -0.2) is 4.79 Å². The Bertz CT molecular complexity index is 599. The molecule has 2 N–H and O–H groups in total. The van der Waals surface area contributed by atoms with Crippen molar-refractivity contribution >= 4 is 6.09 Å². The van der Waals surface area contributed by atoms with Gasteiger partial charge in [-0.2, -0.15) is 0 Å².